The van der Waals surface area contributed by atoms with Gasteiger partial charge in [0.25, 0.3) is 0 Å². The van der Waals surface area contributed by atoms with Gasteiger partial charge in [0.2, 0.25) is 11.8 Å². The number of hydrogen-bond acceptors (Lipinski definition) is 6. The number of aliphatic hydroxyl groups excluding tert-OH is 1. The zero-order chi connectivity index (χ0) is 27.8. The van der Waals surface area contributed by atoms with Gasteiger partial charge >= 0.3 is 0 Å². The average molecular weight is 540 g/mol. The average Bonchev–Trinajstić information content (AvgIpc) is 2.76. The molecule has 0 saturated carbocycles. The molecule has 37 heavy (non-hydrogen) atoms. The van der Waals surface area contributed by atoms with Crippen LogP contribution in [0.4, 0.5) is 0 Å². The van der Waals surface area contributed by atoms with Crippen LogP contribution in [0.15, 0.2) is 24.3 Å². The van der Waals surface area contributed by atoms with Gasteiger partial charge in [0, 0.05) is 38.2 Å². The Labute approximate surface area is 226 Å². The van der Waals surface area contributed by atoms with Gasteiger partial charge in [-0.2, -0.15) is 0 Å². The molecule has 1 saturated heterocycles. The Hall–Kier alpha value is -1.61. The van der Waals surface area contributed by atoms with Crippen molar-refractivity contribution in [2.24, 2.45) is 17.8 Å². The number of methoxy groups -OCH3 is 1. The Morgan fingerprint density at radius 1 is 1.22 bits per heavy atom. The van der Waals surface area contributed by atoms with Crippen LogP contribution in [-0.4, -0.2) is 56.4 Å². The Morgan fingerprint density at radius 2 is 1.76 bits per heavy atom. The quantitative estimate of drug-likeness (QED) is 0.170. The smallest absolute Gasteiger partial charge is 0.226 e. The molecule has 1 rings (SSSR count). The number of ketones is 1. The molecular weight excluding hydrogens is 486 g/mol. The van der Waals surface area contributed by atoms with E-state index in [1.165, 1.54) is 0 Å². The van der Waals surface area contributed by atoms with Gasteiger partial charge in [-0.1, -0.05) is 54.2 Å². The number of Topliss-reactive ketones (excluding diaryl/α,β-unsaturated/α-hetero) is 1. The van der Waals surface area contributed by atoms with Gasteiger partial charge in [0.05, 0.1) is 12.2 Å². The molecule has 0 radical (unpaired) electrons. The van der Waals surface area contributed by atoms with Crippen LogP contribution in [0.5, 0.6) is 0 Å². The summed E-state index contributed by atoms with van der Waals surface area (Å²) in [5.41, 5.74) is 0.723. The SMILES string of the molecule is C.C=C[C@H](OC)[C@@H](O[Si](C)(C)C(C)(C)C)[C@H](C)/C=C(/C)[C@H](O)[C@H](C)C(=O)CCCC1CC(=O)NC(=O)C1. The van der Waals surface area contributed by atoms with E-state index in [2.05, 4.69) is 45.8 Å². The van der Waals surface area contributed by atoms with E-state index in [-0.39, 0.29) is 54.1 Å². The standard InChI is InChI=1S/C28H49NO6Si.CH4/c1-11-23(34-8)27(35-36(9,10)28(5,6)7)19(3)15-18(2)26(33)20(4)22(30)14-12-13-21-16-24(31)29-25(32)17-21;/h11,15,19-21,23,26-27,33H,1,12-14,16-17H2,2-10H3,(H,29,31,32);1H4/b18-15-;/t19-,20-,23+,26+,27+;/m1./s1. The molecule has 8 heteroatoms. The Bertz CT molecular complexity index is 800. The second-order valence-electron chi connectivity index (χ2n) is 11.9. The molecule has 7 nitrogen and oxygen atoms in total. The number of nitrogens with one attached hydrogen (secondary N) is 1. The summed E-state index contributed by atoms with van der Waals surface area (Å²) in [6.45, 7) is 20.5. The third-order valence-corrected chi connectivity index (χ3v) is 12.3. The number of carbonyl (C=O) groups is 3. The van der Waals surface area contributed by atoms with Crippen molar-refractivity contribution in [2.45, 2.75) is 118 Å². The lowest BCUT2D eigenvalue weighted by Gasteiger charge is -2.42. The first kappa shape index (κ1) is 35.4. The van der Waals surface area contributed by atoms with E-state index in [1.54, 1.807) is 20.1 Å². The number of hydrogen-bond donors (Lipinski definition) is 2. The molecule has 0 aromatic heterocycles. The van der Waals surface area contributed by atoms with Crippen molar-refractivity contribution < 1.29 is 28.7 Å². The Morgan fingerprint density at radius 3 is 2.22 bits per heavy atom. The molecule has 0 unspecified atom stereocenters. The molecule has 5 atom stereocenters. The molecule has 0 spiro atoms. The highest BCUT2D eigenvalue weighted by Crippen LogP contribution is 2.39. The summed E-state index contributed by atoms with van der Waals surface area (Å²) in [4.78, 5) is 35.9. The maximum atomic E-state index is 12.8. The van der Waals surface area contributed by atoms with Crippen molar-refractivity contribution in [1.29, 1.82) is 0 Å². The molecule has 1 heterocycles. The molecule has 1 fully saturated rings. The van der Waals surface area contributed by atoms with E-state index < -0.39 is 20.3 Å². The van der Waals surface area contributed by atoms with Gasteiger partial charge in [-0.05, 0) is 49.4 Å². The van der Waals surface area contributed by atoms with E-state index >= 15 is 0 Å². The van der Waals surface area contributed by atoms with Crippen molar-refractivity contribution in [2.75, 3.05) is 7.11 Å². The van der Waals surface area contributed by atoms with Crippen molar-refractivity contribution in [3.8, 4) is 0 Å². The highest BCUT2D eigenvalue weighted by Gasteiger charge is 2.41. The summed E-state index contributed by atoms with van der Waals surface area (Å²) in [5, 5.41) is 13.3. The van der Waals surface area contributed by atoms with Crippen LogP contribution < -0.4 is 5.32 Å². The molecule has 1 aliphatic heterocycles. The highest BCUT2D eigenvalue weighted by molar-refractivity contribution is 6.74. The summed E-state index contributed by atoms with van der Waals surface area (Å²) in [6, 6.07) is 0. The van der Waals surface area contributed by atoms with E-state index in [0.29, 0.717) is 32.1 Å². The normalized spacial score (nSPS) is 19.8. The highest BCUT2D eigenvalue weighted by atomic mass is 28.4. The summed E-state index contributed by atoms with van der Waals surface area (Å²) in [7, 11) is -0.460. The first-order chi connectivity index (χ1) is 16.5. The summed E-state index contributed by atoms with van der Waals surface area (Å²) >= 11 is 0. The second kappa shape index (κ2) is 15.1. The lowest BCUT2D eigenvalue weighted by atomic mass is 9.87. The number of piperidine rings is 1. The Balaban J connectivity index is 0.0000130. The van der Waals surface area contributed by atoms with Crippen LogP contribution in [0.1, 0.15) is 81.1 Å². The maximum absolute atomic E-state index is 12.8. The van der Waals surface area contributed by atoms with Gasteiger partial charge in [0.1, 0.15) is 11.9 Å². The van der Waals surface area contributed by atoms with Gasteiger partial charge in [0.15, 0.2) is 8.32 Å². The fourth-order valence-corrected chi connectivity index (χ4v) is 5.77. The number of carbonyl (C=O) groups excluding carboxylic acids is 3. The van der Waals surface area contributed by atoms with Crippen LogP contribution in [0, 0.1) is 17.8 Å². The van der Waals surface area contributed by atoms with E-state index in [9.17, 15) is 19.5 Å². The lowest BCUT2D eigenvalue weighted by molar-refractivity contribution is -0.134. The third kappa shape index (κ3) is 10.6. The molecule has 2 amide bonds. The van der Waals surface area contributed by atoms with Crippen LogP contribution in [-0.2, 0) is 23.5 Å². The van der Waals surface area contributed by atoms with E-state index in [4.69, 9.17) is 9.16 Å². The van der Waals surface area contributed by atoms with Gasteiger partial charge in [-0.25, -0.2) is 0 Å². The fourth-order valence-electron chi connectivity index (χ4n) is 4.38. The van der Waals surface area contributed by atoms with Crippen molar-refractivity contribution in [3.05, 3.63) is 24.3 Å². The third-order valence-electron chi connectivity index (χ3n) is 7.82. The largest absolute Gasteiger partial charge is 0.410 e. The molecule has 2 N–H and O–H groups in total. The summed E-state index contributed by atoms with van der Waals surface area (Å²) < 4.78 is 12.4. The monoisotopic (exact) mass is 539 g/mol. The predicted molar refractivity (Wildman–Crippen MR) is 153 cm³/mol. The first-order valence-electron chi connectivity index (χ1n) is 13.1. The van der Waals surface area contributed by atoms with Crippen LogP contribution >= 0.6 is 0 Å². The van der Waals surface area contributed by atoms with Gasteiger partial charge < -0.3 is 14.3 Å². The van der Waals surface area contributed by atoms with Gasteiger partial charge in [-0.3, -0.25) is 19.7 Å². The first-order valence-corrected chi connectivity index (χ1v) is 16.0. The number of amides is 2. The van der Waals surface area contributed by atoms with Gasteiger partial charge in [-0.15, -0.1) is 6.58 Å². The molecule has 1 aliphatic rings. The van der Waals surface area contributed by atoms with Crippen molar-refractivity contribution in [3.63, 3.8) is 0 Å². The second-order valence-corrected chi connectivity index (χ2v) is 16.6. The fraction of sp³-hybridized carbons (Fsp3) is 0.759. The number of ether oxygens (including phenoxy) is 1. The predicted octanol–water partition coefficient (Wildman–Crippen LogP) is 5.59. The minimum absolute atomic E-state index is 0. The summed E-state index contributed by atoms with van der Waals surface area (Å²) in [5.74, 6) is -1.16. The Kier molecular flexibility index (Phi) is 14.4. The van der Waals surface area contributed by atoms with Crippen LogP contribution in [0.2, 0.25) is 18.1 Å². The molecule has 0 aromatic rings. The number of imide groups is 1. The van der Waals surface area contributed by atoms with Crippen LogP contribution in [0.3, 0.4) is 0 Å². The van der Waals surface area contributed by atoms with Crippen molar-refractivity contribution in [1.82, 2.24) is 5.32 Å². The zero-order valence-corrected chi connectivity index (χ0v) is 24.8. The summed E-state index contributed by atoms with van der Waals surface area (Å²) in [6.07, 6.45) is 4.46. The maximum Gasteiger partial charge on any atom is 0.226 e. The van der Waals surface area contributed by atoms with E-state index in [1.807, 2.05) is 19.9 Å². The van der Waals surface area contributed by atoms with Crippen molar-refractivity contribution >= 4 is 25.9 Å². The number of rotatable bonds is 14. The minimum atomic E-state index is -2.10. The van der Waals surface area contributed by atoms with Crippen LogP contribution in [0.25, 0.3) is 0 Å². The molecule has 214 valence electrons. The number of aliphatic hydroxyl groups is 1. The topological polar surface area (TPSA) is 102 Å². The molecular formula is C29H53NO6Si. The molecule has 0 bridgehead atoms. The van der Waals surface area contributed by atoms with E-state index in [0.717, 1.165) is 5.57 Å². The molecule has 0 aliphatic carbocycles. The molecule has 0 aromatic carbocycles. The lowest BCUT2D eigenvalue weighted by Crippen LogP contribution is -2.49. The zero-order valence-electron chi connectivity index (χ0n) is 23.8. The minimum Gasteiger partial charge on any atom is -0.410 e.